The minimum atomic E-state index is -3.69. The molecule has 0 heterocycles. The minimum Gasteiger partial charge on any atom is -0.491 e. The highest BCUT2D eigenvalue weighted by atomic mass is 35.5. The smallest absolute Gasteiger partial charge is 0.244 e. The lowest BCUT2D eigenvalue weighted by molar-refractivity contribution is -0.122. The van der Waals surface area contributed by atoms with Gasteiger partial charge in [0.2, 0.25) is 15.9 Å². The molecule has 158 valence electrons. The van der Waals surface area contributed by atoms with Gasteiger partial charge in [0.25, 0.3) is 0 Å². The van der Waals surface area contributed by atoms with Gasteiger partial charge < -0.3 is 10.1 Å². The first-order chi connectivity index (χ1) is 13.6. The maximum atomic E-state index is 12.7. The van der Waals surface area contributed by atoms with Crippen molar-refractivity contribution < 1.29 is 17.9 Å². The van der Waals surface area contributed by atoms with Crippen molar-refractivity contribution in [3.8, 4) is 5.75 Å². The Kier molecular flexibility index (Phi) is 7.93. The number of nitrogens with one attached hydrogen (secondary N) is 1. The molecule has 0 radical (unpaired) electrons. The molecule has 0 aromatic heterocycles. The minimum absolute atomic E-state index is 0.260. The van der Waals surface area contributed by atoms with Crippen LogP contribution in [0.5, 0.6) is 5.75 Å². The summed E-state index contributed by atoms with van der Waals surface area (Å²) in [7, 11) is -3.69. The first-order valence-corrected chi connectivity index (χ1v) is 11.6. The summed E-state index contributed by atoms with van der Waals surface area (Å²) in [5, 5.41) is 3.17. The van der Waals surface area contributed by atoms with Crippen molar-refractivity contribution in [3.05, 3.63) is 58.6 Å². The van der Waals surface area contributed by atoms with E-state index in [1.165, 1.54) is 6.07 Å². The molecule has 1 atom stereocenters. The summed E-state index contributed by atoms with van der Waals surface area (Å²) in [4.78, 5) is 12.7. The maximum absolute atomic E-state index is 12.7. The quantitative estimate of drug-likeness (QED) is 0.606. The van der Waals surface area contributed by atoms with Gasteiger partial charge >= 0.3 is 0 Å². The van der Waals surface area contributed by atoms with E-state index in [4.69, 9.17) is 16.3 Å². The second-order valence-corrected chi connectivity index (χ2v) is 9.17. The van der Waals surface area contributed by atoms with Crippen molar-refractivity contribution in [3.63, 3.8) is 0 Å². The number of amides is 1. The van der Waals surface area contributed by atoms with Crippen molar-refractivity contribution >= 4 is 33.2 Å². The topological polar surface area (TPSA) is 75.7 Å². The lowest BCUT2D eigenvalue weighted by atomic mass is 10.1. The average Bonchev–Trinajstić information content (AvgIpc) is 2.63. The van der Waals surface area contributed by atoms with Crippen LogP contribution < -0.4 is 14.4 Å². The molecule has 0 aliphatic carbocycles. The molecule has 2 aromatic carbocycles. The van der Waals surface area contributed by atoms with Crippen molar-refractivity contribution in [2.24, 2.45) is 0 Å². The molecule has 6 nitrogen and oxygen atoms in total. The van der Waals surface area contributed by atoms with Crippen molar-refractivity contribution in [2.45, 2.75) is 33.2 Å². The fraction of sp³-hybridized carbons (Fsp3) is 0.381. The van der Waals surface area contributed by atoms with Crippen LogP contribution in [0, 0.1) is 13.8 Å². The standard InChI is InChI=1S/C21H27ClN2O4S/c1-5-19(24(29(4,26)27)18-8-6-7-17(22)14-18)21(25)23-11-12-28-20-10-9-15(2)13-16(20)3/h6-10,13-14,19H,5,11-12H2,1-4H3,(H,23,25)/t19-/m0/s1. The van der Waals surface area contributed by atoms with Crippen LogP contribution >= 0.6 is 11.6 Å². The average molecular weight is 439 g/mol. The Hall–Kier alpha value is -2.25. The number of rotatable bonds is 9. The molecule has 2 rings (SSSR count). The summed E-state index contributed by atoms with van der Waals surface area (Å²) in [6, 6.07) is 11.4. The summed E-state index contributed by atoms with van der Waals surface area (Å²) in [6.45, 7) is 6.27. The number of hydrogen-bond donors (Lipinski definition) is 1. The Bertz CT molecular complexity index is 963. The van der Waals surface area contributed by atoms with Gasteiger partial charge in [-0.3, -0.25) is 9.10 Å². The van der Waals surface area contributed by atoms with Crippen LogP contribution in [0.2, 0.25) is 5.02 Å². The van der Waals surface area contributed by atoms with Crippen molar-refractivity contribution in [1.82, 2.24) is 5.32 Å². The molecule has 1 amide bonds. The number of ether oxygens (including phenoxy) is 1. The fourth-order valence-electron chi connectivity index (χ4n) is 3.09. The van der Waals surface area contributed by atoms with Crippen LogP contribution in [0.25, 0.3) is 0 Å². The van der Waals surface area contributed by atoms with E-state index in [0.29, 0.717) is 17.1 Å². The monoisotopic (exact) mass is 438 g/mol. The lowest BCUT2D eigenvalue weighted by Crippen LogP contribution is -2.50. The third-order valence-corrected chi connectivity index (χ3v) is 5.80. The number of hydrogen-bond acceptors (Lipinski definition) is 4. The predicted octanol–water partition coefficient (Wildman–Crippen LogP) is 3.70. The van der Waals surface area contributed by atoms with E-state index in [2.05, 4.69) is 5.32 Å². The van der Waals surface area contributed by atoms with E-state index >= 15 is 0 Å². The molecule has 0 unspecified atom stereocenters. The Morgan fingerprint density at radius 3 is 2.52 bits per heavy atom. The first-order valence-electron chi connectivity index (χ1n) is 9.36. The molecule has 29 heavy (non-hydrogen) atoms. The van der Waals surface area contributed by atoms with Gasteiger partial charge in [-0.1, -0.05) is 42.3 Å². The summed E-state index contributed by atoms with van der Waals surface area (Å²) in [6.07, 6.45) is 1.39. The number of anilines is 1. The Balaban J connectivity index is 2.05. The number of halogens is 1. The predicted molar refractivity (Wildman–Crippen MR) is 117 cm³/mol. The van der Waals surface area contributed by atoms with Gasteiger partial charge in [-0.25, -0.2) is 8.42 Å². The Morgan fingerprint density at radius 1 is 1.21 bits per heavy atom. The molecular formula is C21H27ClN2O4S. The molecule has 0 aliphatic heterocycles. The molecule has 1 N–H and O–H groups in total. The molecule has 0 bridgehead atoms. The van der Waals surface area contributed by atoms with Crippen molar-refractivity contribution in [2.75, 3.05) is 23.7 Å². The van der Waals surface area contributed by atoms with E-state index in [-0.39, 0.29) is 19.1 Å². The van der Waals surface area contributed by atoms with Gasteiger partial charge in [0, 0.05) is 5.02 Å². The largest absolute Gasteiger partial charge is 0.491 e. The first kappa shape index (κ1) is 23.0. The van der Waals surface area contributed by atoms with Gasteiger partial charge in [0.1, 0.15) is 18.4 Å². The summed E-state index contributed by atoms with van der Waals surface area (Å²) in [5.74, 6) is 0.371. The maximum Gasteiger partial charge on any atom is 0.244 e. The van der Waals surface area contributed by atoms with E-state index in [1.54, 1.807) is 25.1 Å². The zero-order chi connectivity index (χ0) is 21.6. The van der Waals surface area contributed by atoms with Crippen LogP contribution in [0.3, 0.4) is 0 Å². The molecular weight excluding hydrogens is 412 g/mol. The lowest BCUT2D eigenvalue weighted by Gasteiger charge is -2.30. The van der Waals surface area contributed by atoms with Crippen LogP contribution in [-0.2, 0) is 14.8 Å². The zero-order valence-electron chi connectivity index (χ0n) is 17.1. The number of carbonyl (C=O) groups excluding carboxylic acids is 1. The third-order valence-electron chi connectivity index (χ3n) is 4.38. The number of carbonyl (C=O) groups is 1. The zero-order valence-corrected chi connectivity index (χ0v) is 18.7. The number of nitrogens with zero attached hydrogens (tertiary/aromatic N) is 1. The van der Waals surface area contributed by atoms with Gasteiger partial charge in [0.15, 0.2) is 0 Å². The summed E-state index contributed by atoms with van der Waals surface area (Å²) < 4.78 is 31.6. The SMILES string of the molecule is CC[C@@H](C(=O)NCCOc1ccc(C)cc1C)N(c1cccc(Cl)c1)S(C)(=O)=O. The molecule has 0 saturated carbocycles. The molecule has 0 spiro atoms. The summed E-state index contributed by atoms with van der Waals surface area (Å²) >= 11 is 6.01. The number of benzene rings is 2. The highest BCUT2D eigenvalue weighted by Gasteiger charge is 2.31. The van der Waals surface area contributed by atoms with Gasteiger partial charge in [-0.15, -0.1) is 0 Å². The van der Waals surface area contributed by atoms with Gasteiger partial charge in [0.05, 0.1) is 18.5 Å². The highest BCUT2D eigenvalue weighted by Crippen LogP contribution is 2.25. The van der Waals surface area contributed by atoms with Gasteiger partial charge in [-0.2, -0.15) is 0 Å². The molecule has 0 saturated heterocycles. The number of aryl methyl sites for hydroxylation is 2. The second-order valence-electron chi connectivity index (χ2n) is 6.87. The van der Waals surface area contributed by atoms with E-state index < -0.39 is 16.1 Å². The fourth-order valence-corrected chi connectivity index (χ4v) is 4.48. The van der Waals surface area contributed by atoms with Crippen LogP contribution in [0.1, 0.15) is 24.5 Å². The number of sulfonamides is 1. The highest BCUT2D eigenvalue weighted by molar-refractivity contribution is 7.92. The molecule has 8 heteroatoms. The van der Waals surface area contributed by atoms with Crippen LogP contribution in [0.4, 0.5) is 5.69 Å². The Labute approximate surface area is 177 Å². The van der Waals surface area contributed by atoms with Crippen molar-refractivity contribution in [1.29, 1.82) is 0 Å². The normalized spacial score (nSPS) is 12.3. The van der Waals surface area contributed by atoms with Gasteiger partial charge in [-0.05, 0) is 50.1 Å². The van der Waals surface area contributed by atoms with E-state index in [1.807, 2.05) is 32.0 Å². The molecule has 2 aromatic rings. The third kappa shape index (κ3) is 6.37. The molecule has 0 aliphatic rings. The summed E-state index contributed by atoms with van der Waals surface area (Å²) in [5.41, 5.74) is 2.52. The molecule has 0 fully saturated rings. The van der Waals surface area contributed by atoms with E-state index in [0.717, 1.165) is 27.4 Å². The van der Waals surface area contributed by atoms with E-state index in [9.17, 15) is 13.2 Å². The Morgan fingerprint density at radius 2 is 1.93 bits per heavy atom. The second kappa shape index (κ2) is 9.98. The van der Waals surface area contributed by atoms with Crippen LogP contribution in [0.15, 0.2) is 42.5 Å². The van der Waals surface area contributed by atoms with Crippen LogP contribution in [-0.4, -0.2) is 39.8 Å².